The number of aryl methyl sites for hydroxylation is 1. The third-order valence-corrected chi connectivity index (χ3v) is 5.69. The molecule has 25 heavy (non-hydrogen) atoms. The first-order valence-electron chi connectivity index (χ1n) is 8.63. The Morgan fingerprint density at radius 3 is 2.72 bits per heavy atom. The fraction of sp³-hybridized carbons (Fsp3) is 0.421. The molecule has 1 aliphatic carbocycles. The summed E-state index contributed by atoms with van der Waals surface area (Å²) >= 11 is 0. The van der Waals surface area contributed by atoms with Crippen LogP contribution in [0.3, 0.4) is 0 Å². The van der Waals surface area contributed by atoms with E-state index in [-0.39, 0.29) is 11.8 Å². The van der Waals surface area contributed by atoms with Crippen molar-refractivity contribution in [2.45, 2.75) is 19.3 Å². The van der Waals surface area contributed by atoms with Crippen molar-refractivity contribution >= 4 is 11.9 Å². The number of carbonyl (C=O) groups is 2. The van der Waals surface area contributed by atoms with Gasteiger partial charge in [0.15, 0.2) is 0 Å². The maximum absolute atomic E-state index is 13.1. The van der Waals surface area contributed by atoms with E-state index in [0.29, 0.717) is 30.8 Å². The van der Waals surface area contributed by atoms with Crippen molar-refractivity contribution in [3.8, 4) is 11.3 Å². The van der Waals surface area contributed by atoms with Crippen molar-refractivity contribution in [1.29, 1.82) is 0 Å². The van der Waals surface area contributed by atoms with Gasteiger partial charge >= 0.3 is 5.97 Å². The van der Waals surface area contributed by atoms with E-state index < -0.39 is 11.4 Å². The molecule has 0 unspecified atom stereocenters. The molecule has 0 bridgehead atoms. The number of fused-ring (bicyclic) bond motifs is 1. The molecule has 1 aliphatic heterocycles. The lowest BCUT2D eigenvalue weighted by Gasteiger charge is -2.23. The molecule has 2 heterocycles. The van der Waals surface area contributed by atoms with Crippen molar-refractivity contribution in [2.24, 2.45) is 18.4 Å². The molecular formula is C19H21N3O3. The molecule has 1 N–H and O–H groups in total. The minimum Gasteiger partial charge on any atom is -0.481 e. The maximum Gasteiger partial charge on any atom is 0.311 e. The van der Waals surface area contributed by atoms with Gasteiger partial charge in [-0.25, -0.2) is 0 Å². The number of nitrogens with zero attached hydrogens (tertiary/aromatic N) is 3. The predicted octanol–water partition coefficient (Wildman–Crippen LogP) is 2.41. The van der Waals surface area contributed by atoms with Crippen LogP contribution in [0.25, 0.3) is 11.3 Å². The molecule has 1 saturated carbocycles. The molecule has 1 aromatic heterocycles. The number of carboxylic acid groups (broad SMARTS) is 1. The molecule has 2 fully saturated rings. The average molecular weight is 339 g/mol. The largest absolute Gasteiger partial charge is 0.481 e. The van der Waals surface area contributed by atoms with Gasteiger partial charge in [0.05, 0.1) is 11.0 Å². The van der Waals surface area contributed by atoms with Crippen LogP contribution in [-0.2, 0) is 11.8 Å². The third-order valence-electron chi connectivity index (χ3n) is 5.69. The summed E-state index contributed by atoms with van der Waals surface area (Å²) in [6.45, 7) is 0.823. The number of carbonyl (C=O) groups excluding carboxylic acids is 1. The standard InChI is InChI=1S/C19H21N3O3/c1-21-11-15(16(20-21)13-6-3-2-4-7-13)17(23)22-10-14-8-5-9-19(14,12-22)18(24)25/h2-4,6-7,11,14H,5,8-10,12H2,1H3,(H,24,25)/t14-,19+/m0/s1. The highest BCUT2D eigenvalue weighted by Gasteiger charge is 2.56. The Hall–Kier alpha value is -2.63. The molecule has 2 aromatic rings. The number of aliphatic carboxylic acids is 1. The zero-order valence-corrected chi connectivity index (χ0v) is 14.2. The van der Waals surface area contributed by atoms with E-state index in [4.69, 9.17) is 0 Å². The summed E-state index contributed by atoms with van der Waals surface area (Å²) in [7, 11) is 1.79. The molecule has 130 valence electrons. The lowest BCUT2D eigenvalue weighted by atomic mass is 9.81. The molecule has 0 radical (unpaired) electrons. The summed E-state index contributed by atoms with van der Waals surface area (Å²) in [4.78, 5) is 26.7. The smallest absolute Gasteiger partial charge is 0.311 e. The topological polar surface area (TPSA) is 75.4 Å². The summed E-state index contributed by atoms with van der Waals surface area (Å²) < 4.78 is 1.64. The van der Waals surface area contributed by atoms with Gasteiger partial charge in [-0.1, -0.05) is 36.8 Å². The van der Waals surface area contributed by atoms with Gasteiger partial charge in [0, 0.05) is 31.9 Å². The number of aromatic nitrogens is 2. The second-order valence-electron chi connectivity index (χ2n) is 7.17. The number of hydrogen-bond acceptors (Lipinski definition) is 3. The quantitative estimate of drug-likeness (QED) is 0.932. The van der Waals surface area contributed by atoms with Crippen LogP contribution in [0.4, 0.5) is 0 Å². The molecule has 1 aromatic carbocycles. The van der Waals surface area contributed by atoms with Gasteiger partial charge in [-0.2, -0.15) is 5.10 Å². The minimum absolute atomic E-state index is 0.0609. The zero-order valence-electron chi connectivity index (χ0n) is 14.2. The number of hydrogen-bond donors (Lipinski definition) is 1. The highest BCUT2D eigenvalue weighted by molar-refractivity contribution is 6.00. The van der Waals surface area contributed by atoms with Crippen molar-refractivity contribution in [2.75, 3.05) is 13.1 Å². The van der Waals surface area contributed by atoms with E-state index in [2.05, 4.69) is 5.10 Å². The van der Waals surface area contributed by atoms with Gasteiger partial charge < -0.3 is 10.0 Å². The Morgan fingerprint density at radius 1 is 1.28 bits per heavy atom. The first-order chi connectivity index (χ1) is 12.0. The van der Waals surface area contributed by atoms with Gasteiger partial charge in [0.1, 0.15) is 5.69 Å². The number of benzene rings is 1. The van der Waals surface area contributed by atoms with Crippen molar-refractivity contribution < 1.29 is 14.7 Å². The predicted molar refractivity (Wildman–Crippen MR) is 92.0 cm³/mol. The molecule has 1 saturated heterocycles. The van der Waals surface area contributed by atoms with Crippen molar-refractivity contribution in [3.63, 3.8) is 0 Å². The monoisotopic (exact) mass is 339 g/mol. The second-order valence-corrected chi connectivity index (χ2v) is 7.17. The maximum atomic E-state index is 13.1. The van der Waals surface area contributed by atoms with Crippen LogP contribution in [0.5, 0.6) is 0 Å². The SMILES string of the molecule is Cn1cc(C(=O)N2C[C@@H]3CCC[C@@]3(C(=O)O)C2)c(-c2ccccc2)n1. The van der Waals surface area contributed by atoms with E-state index in [1.807, 2.05) is 30.3 Å². The molecule has 6 heteroatoms. The molecule has 6 nitrogen and oxygen atoms in total. The second kappa shape index (κ2) is 5.72. The van der Waals surface area contributed by atoms with Crippen LogP contribution in [0.1, 0.15) is 29.6 Å². The summed E-state index contributed by atoms with van der Waals surface area (Å²) in [5.74, 6) is -0.826. The van der Waals surface area contributed by atoms with Gasteiger partial charge in [-0.05, 0) is 18.8 Å². The molecular weight excluding hydrogens is 318 g/mol. The van der Waals surface area contributed by atoms with E-state index in [9.17, 15) is 14.7 Å². The number of rotatable bonds is 3. The summed E-state index contributed by atoms with van der Waals surface area (Å²) in [5.41, 5.74) is 1.31. The fourth-order valence-electron chi connectivity index (χ4n) is 4.42. The van der Waals surface area contributed by atoms with E-state index >= 15 is 0 Å². The minimum atomic E-state index is -0.764. The number of carboxylic acids is 1. The fourth-order valence-corrected chi connectivity index (χ4v) is 4.42. The highest BCUT2D eigenvalue weighted by atomic mass is 16.4. The summed E-state index contributed by atoms with van der Waals surface area (Å²) in [6.07, 6.45) is 4.21. The molecule has 1 amide bonds. The van der Waals surface area contributed by atoms with Crippen LogP contribution in [0.2, 0.25) is 0 Å². The number of amides is 1. The summed E-state index contributed by atoms with van der Waals surface area (Å²) in [5, 5.41) is 14.2. The first-order valence-corrected chi connectivity index (χ1v) is 8.63. The molecule has 2 atom stereocenters. The van der Waals surface area contributed by atoms with E-state index in [1.54, 1.807) is 22.8 Å². The zero-order chi connectivity index (χ0) is 17.6. The highest BCUT2D eigenvalue weighted by Crippen LogP contribution is 2.49. The van der Waals surface area contributed by atoms with Crippen LogP contribution in [0.15, 0.2) is 36.5 Å². The summed E-state index contributed by atoms with van der Waals surface area (Å²) in [6, 6.07) is 9.61. The Balaban J connectivity index is 1.66. The first kappa shape index (κ1) is 15.9. The van der Waals surface area contributed by atoms with Gasteiger partial charge in [0.25, 0.3) is 5.91 Å². The van der Waals surface area contributed by atoms with Crippen molar-refractivity contribution in [1.82, 2.24) is 14.7 Å². The van der Waals surface area contributed by atoms with Gasteiger partial charge in [0.2, 0.25) is 0 Å². The Bertz CT molecular complexity index is 830. The molecule has 2 aliphatic rings. The Kier molecular flexibility index (Phi) is 3.63. The Labute approximate surface area is 146 Å². The van der Waals surface area contributed by atoms with Crippen LogP contribution in [0, 0.1) is 11.3 Å². The Morgan fingerprint density at radius 2 is 2.04 bits per heavy atom. The lowest BCUT2D eigenvalue weighted by Crippen LogP contribution is -2.37. The van der Waals surface area contributed by atoms with Crippen molar-refractivity contribution in [3.05, 3.63) is 42.1 Å². The normalized spacial score (nSPS) is 25.2. The van der Waals surface area contributed by atoms with E-state index in [1.165, 1.54) is 0 Å². The third kappa shape index (κ3) is 2.44. The van der Waals surface area contributed by atoms with Gasteiger partial charge in [-0.15, -0.1) is 0 Å². The van der Waals surface area contributed by atoms with Gasteiger partial charge in [-0.3, -0.25) is 14.3 Å². The number of likely N-dealkylation sites (tertiary alicyclic amines) is 1. The van der Waals surface area contributed by atoms with Crippen LogP contribution >= 0.6 is 0 Å². The van der Waals surface area contributed by atoms with Crippen LogP contribution < -0.4 is 0 Å². The lowest BCUT2D eigenvalue weighted by molar-refractivity contribution is -0.149. The van der Waals surface area contributed by atoms with Crippen LogP contribution in [-0.4, -0.2) is 44.8 Å². The molecule has 0 spiro atoms. The molecule has 4 rings (SSSR count). The van der Waals surface area contributed by atoms with E-state index in [0.717, 1.165) is 18.4 Å². The average Bonchev–Trinajstić information content (AvgIpc) is 3.27.